The van der Waals surface area contributed by atoms with Gasteiger partial charge in [0.2, 0.25) is 5.78 Å². The number of ether oxygens (including phenoxy) is 2. The Hall–Kier alpha value is -3.25. The lowest BCUT2D eigenvalue weighted by atomic mass is 10.0. The molecule has 2 heterocycles. The molecule has 1 N–H and O–H groups in total. The maximum atomic E-state index is 13.6. The van der Waals surface area contributed by atoms with E-state index in [0.717, 1.165) is 11.1 Å². The number of carbonyl (C=O) groups is 1. The molecule has 152 valence electrons. The Kier molecular flexibility index (Phi) is 6.05. The number of Topliss-reactive ketones (excluding diaryl/α,β-unsaturated/α-hetero) is 1. The molecule has 1 aliphatic rings. The Bertz CT molecular complexity index is 1070. The zero-order valence-corrected chi connectivity index (χ0v) is 17.5. The van der Waals surface area contributed by atoms with Crippen molar-refractivity contribution in [2.75, 3.05) is 19.8 Å². The van der Waals surface area contributed by atoms with Crippen LogP contribution in [0.15, 0.2) is 73.1 Å². The zero-order valence-electron chi connectivity index (χ0n) is 16.7. The summed E-state index contributed by atoms with van der Waals surface area (Å²) in [4.78, 5) is 14.0. The molecule has 1 unspecified atom stereocenters. The Morgan fingerprint density at radius 2 is 1.77 bits per heavy atom. The topological polar surface area (TPSA) is 51.4 Å². The van der Waals surface area contributed by atoms with E-state index in [1.165, 1.54) is 0 Å². The van der Waals surface area contributed by atoms with Gasteiger partial charge >= 0.3 is 0 Å². The van der Waals surface area contributed by atoms with Crippen molar-refractivity contribution in [1.82, 2.24) is 5.32 Å². The van der Waals surface area contributed by atoms with E-state index in [4.69, 9.17) is 21.7 Å². The van der Waals surface area contributed by atoms with Crippen LogP contribution >= 0.6 is 12.2 Å². The Morgan fingerprint density at radius 3 is 2.53 bits per heavy atom. The molecule has 1 atom stereocenters. The number of rotatable bonds is 6. The Labute approximate surface area is 181 Å². The van der Waals surface area contributed by atoms with Crippen LogP contribution in [0.25, 0.3) is 11.1 Å². The van der Waals surface area contributed by atoms with Crippen molar-refractivity contribution in [3.8, 4) is 22.6 Å². The van der Waals surface area contributed by atoms with Crippen molar-refractivity contribution in [1.29, 1.82) is 0 Å². The van der Waals surface area contributed by atoms with Crippen LogP contribution in [0.5, 0.6) is 11.5 Å². The molecule has 5 nitrogen and oxygen atoms in total. The molecular weight excluding hydrogens is 396 g/mol. The first kappa shape index (κ1) is 20.0. The summed E-state index contributed by atoms with van der Waals surface area (Å²) in [7, 11) is 0. The maximum absolute atomic E-state index is 13.6. The molecule has 2 aromatic carbocycles. The van der Waals surface area contributed by atoms with Gasteiger partial charge in [-0.1, -0.05) is 42.5 Å². The lowest BCUT2D eigenvalue weighted by molar-refractivity contribution is -0.691. The third kappa shape index (κ3) is 4.19. The van der Waals surface area contributed by atoms with Gasteiger partial charge in [0.25, 0.3) is 6.04 Å². The van der Waals surface area contributed by atoms with Crippen LogP contribution in [0.2, 0.25) is 0 Å². The summed E-state index contributed by atoms with van der Waals surface area (Å²) in [6.45, 7) is 3.58. The normalized spacial score (nSPS) is 13.4. The number of pyridine rings is 1. The van der Waals surface area contributed by atoms with Crippen LogP contribution in [0.1, 0.15) is 23.3 Å². The first-order chi connectivity index (χ1) is 14.7. The lowest BCUT2D eigenvalue weighted by Crippen LogP contribution is -2.51. The van der Waals surface area contributed by atoms with Crippen LogP contribution in [-0.4, -0.2) is 30.5 Å². The second kappa shape index (κ2) is 9.05. The third-order valence-corrected chi connectivity index (χ3v) is 5.27. The van der Waals surface area contributed by atoms with Crippen molar-refractivity contribution in [3.63, 3.8) is 0 Å². The van der Waals surface area contributed by atoms with E-state index in [9.17, 15) is 4.79 Å². The number of hydrogen-bond acceptors (Lipinski definition) is 4. The monoisotopic (exact) mass is 419 g/mol. The summed E-state index contributed by atoms with van der Waals surface area (Å²) in [5.74, 6) is 1.14. The zero-order chi connectivity index (χ0) is 20.9. The number of hydrogen-bond donors (Lipinski definition) is 1. The predicted molar refractivity (Wildman–Crippen MR) is 119 cm³/mol. The van der Waals surface area contributed by atoms with E-state index in [1.807, 2.05) is 66.3 Å². The molecule has 0 amide bonds. The minimum Gasteiger partial charge on any atom is -0.486 e. The highest BCUT2D eigenvalue weighted by Gasteiger charge is 2.34. The number of benzene rings is 2. The van der Waals surface area contributed by atoms with Crippen LogP contribution in [0.3, 0.4) is 0 Å². The number of aromatic nitrogens is 1. The Balaban J connectivity index is 1.72. The van der Waals surface area contributed by atoms with E-state index in [1.54, 1.807) is 18.2 Å². The van der Waals surface area contributed by atoms with Crippen LogP contribution in [0, 0.1) is 0 Å². The molecule has 0 saturated heterocycles. The summed E-state index contributed by atoms with van der Waals surface area (Å²) >= 11 is 5.61. The standard InChI is InChI=1S/C24H22N2O3S/c1-2-25-24(30)22(23(27)18-10-11-20-21(15-18)29-14-13-28-20)26-12-6-9-19(16-26)17-7-4-3-5-8-17/h3-12,15-16,22H,2,13-14H2,1H3/p+1. The quantitative estimate of drug-likeness (QED) is 0.374. The van der Waals surface area contributed by atoms with Crippen molar-refractivity contribution in [3.05, 3.63) is 78.6 Å². The molecule has 0 aliphatic carbocycles. The lowest BCUT2D eigenvalue weighted by Gasteiger charge is -2.19. The molecule has 6 heteroatoms. The summed E-state index contributed by atoms with van der Waals surface area (Å²) < 4.78 is 13.1. The predicted octanol–water partition coefficient (Wildman–Crippen LogP) is 3.77. The van der Waals surface area contributed by atoms with E-state index >= 15 is 0 Å². The number of carbonyl (C=O) groups excluding carboxylic acids is 1. The van der Waals surface area contributed by atoms with Crippen LogP contribution in [-0.2, 0) is 0 Å². The highest BCUT2D eigenvalue weighted by Crippen LogP contribution is 2.31. The number of nitrogens with zero attached hydrogens (tertiary/aromatic N) is 1. The van der Waals surface area contributed by atoms with Gasteiger partial charge in [0.05, 0.1) is 0 Å². The summed E-state index contributed by atoms with van der Waals surface area (Å²) in [6.07, 6.45) is 3.83. The van der Waals surface area contributed by atoms with Crippen molar-refractivity contribution in [2.24, 2.45) is 0 Å². The SMILES string of the molecule is CCNC(=S)C(C(=O)c1ccc2c(c1)OCCO2)[n+]1cccc(-c2ccccc2)c1. The molecule has 0 fully saturated rings. The highest BCUT2D eigenvalue weighted by atomic mass is 32.1. The van der Waals surface area contributed by atoms with E-state index < -0.39 is 6.04 Å². The molecule has 4 rings (SSSR count). The minimum absolute atomic E-state index is 0.104. The van der Waals surface area contributed by atoms with Gasteiger partial charge in [-0.05, 0) is 36.8 Å². The second-order valence-corrected chi connectivity index (χ2v) is 7.37. The number of nitrogens with one attached hydrogen (secondary N) is 1. The van der Waals surface area contributed by atoms with Crippen molar-refractivity contribution in [2.45, 2.75) is 13.0 Å². The number of likely N-dealkylation sites (N-methyl/N-ethyl adjacent to an activating group) is 1. The molecule has 0 radical (unpaired) electrons. The van der Waals surface area contributed by atoms with Gasteiger partial charge in [0, 0.05) is 23.7 Å². The largest absolute Gasteiger partial charge is 0.486 e. The molecule has 0 spiro atoms. The van der Waals surface area contributed by atoms with Gasteiger partial charge in [0.15, 0.2) is 28.9 Å². The van der Waals surface area contributed by atoms with E-state index in [0.29, 0.717) is 41.8 Å². The fourth-order valence-corrected chi connectivity index (χ4v) is 3.84. The molecule has 1 aromatic heterocycles. The molecule has 0 saturated carbocycles. The first-order valence-corrected chi connectivity index (χ1v) is 10.4. The van der Waals surface area contributed by atoms with Gasteiger partial charge in [-0.3, -0.25) is 4.79 Å². The van der Waals surface area contributed by atoms with Gasteiger partial charge in [-0.2, -0.15) is 4.57 Å². The minimum atomic E-state index is -0.661. The summed E-state index contributed by atoms with van der Waals surface area (Å²) in [6, 6.07) is 18.6. The van der Waals surface area contributed by atoms with Crippen molar-refractivity contribution < 1.29 is 18.8 Å². The first-order valence-electron chi connectivity index (χ1n) is 9.95. The average molecular weight is 420 g/mol. The third-order valence-electron chi connectivity index (χ3n) is 4.90. The van der Waals surface area contributed by atoms with Gasteiger partial charge < -0.3 is 14.8 Å². The number of fused-ring (bicyclic) bond motifs is 1. The summed E-state index contributed by atoms with van der Waals surface area (Å²) in [5, 5.41) is 3.15. The highest BCUT2D eigenvalue weighted by molar-refractivity contribution is 7.80. The Morgan fingerprint density at radius 1 is 1.03 bits per heavy atom. The van der Waals surface area contributed by atoms with Gasteiger partial charge in [-0.25, -0.2) is 0 Å². The maximum Gasteiger partial charge on any atom is 0.270 e. The molecule has 1 aliphatic heterocycles. The van der Waals surface area contributed by atoms with Crippen LogP contribution < -0.4 is 19.4 Å². The van der Waals surface area contributed by atoms with Crippen molar-refractivity contribution >= 4 is 23.0 Å². The van der Waals surface area contributed by atoms with Crippen LogP contribution in [0.4, 0.5) is 0 Å². The molecular formula is C24H23N2O3S+. The van der Waals surface area contributed by atoms with Gasteiger partial charge in [0.1, 0.15) is 13.2 Å². The summed E-state index contributed by atoms with van der Waals surface area (Å²) in [5.41, 5.74) is 2.62. The van der Waals surface area contributed by atoms with E-state index in [-0.39, 0.29) is 5.78 Å². The molecule has 3 aromatic rings. The second-order valence-electron chi connectivity index (χ2n) is 6.93. The smallest absolute Gasteiger partial charge is 0.270 e. The average Bonchev–Trinajstić information content (AvgIpc) is 2.80. The fraction of sp³-hybridized carbons (Fsp3) is 0.208. The number of thiocarbonyl (C=S) groups is 1. The van der Waals surface area contributed by atoms with Gasteiger partial charge in [-0.15, -0.1) is 0 Å². The number of ketones is 1. The fourth-order valence-electron chi connectivity index (χ4n) is 3.47. The molecule has 30 heavy (non-hydrogen) atoms. The van der Waals surface area contributed by atoms with E-state index in [2.05, 4.69) is 5.32 Å². The molecule has 0 bridgehead atoms.